The molecule has 1 fully saturated rings. The van der Waals surface area contributed by atoms with Crippen LogP contribution in [-0.4, -0.2) is 48.7 Å². The molecule has 4 rings (SSSR count). The van der Waals surface area contributed by atoms with E-state index >= 15 is 0 Å². The molecule has 0 bridgehead atoms. The van der Waals surface area contributed by atoms with Crippen LogP contribution in [0.15, 0.2) is 18.2 Å². The van der Waals surface area contributed by atoms with Crippen molar-refractivity contribution < 1.29 is 18.0 Å². The first-order chi connectivity index (χ1) is 15.0. The van der Waals surface area contributed by atoms with Crippen molar-refractivity contribution in [1.29, 1.82) is 0 Å². The Balaban J connectivity index is 1.57. The number of aromatic nitrogens is 5. The number of nitrogens with one attached hydrogen (secondary N) is 1. The quantitative estimate of drug-likeness (QED) is 0.627. The number of rotatable bonds is 5. The lowest BCUT2D eigenvalue weighted by Gasteiger charge is -2.14. The van der Waals surface area contributed by atoms with E-state index in [4.69, 9.17) is 0 Å². The summed E-state index contributed by atoms with van der Waals surface area (Å²) in [5.74, 6) is -0.0402. The van der Waals surface area contributed by atoms with Gasteiger partial charge in [-0.2, -0.15) is 23.4 Å². The topological polar surface area (TPSA) is 79.2 Å². The van der Waals surface area contributed by atoms with E-state index in [1.807, 2.05) is 0 Å². The SMILES string of the molecule is CC(C)Cc1cc(C(=O)N2CCC(c3cc4nc(C(C)C)cc(C(F)(F)F)n4n3)C2)n[nH]1. The van der Waals surface area contributed by atoms with Gasteiger partial charge in [0.25, 0.3) is 5.91 Å². The minimum Gasteiger partial charge on any atom is -0.337 e. The second-order valence-corrected chi connectivity index (χ2v) is 9.17. The van der Waals surface area contributed by atoms with Crippen molar-refractivity contribution in [3.8, 4) is 0 Å². The molecule has 4 heterocycles. The number of H-pyrrole nitrogens is 1. The summed E-state index contributed by atoms with van der Waals surface area (Å²) in [4.78, 5) is 18.9. The van der Waals surface area contributed by atoms with E-state index in [0.29, 0.717) is 42.5 Å². The molecule has 7 nitrogen and oxygen atoms in total. The average Bonchev–Trinajstić information content (AvgIpc) is 3.43. The van der Waals surface area contributed by atoms with E-state index in [2.05, 4.69) is 34.1 Å². The van der Waals surface area contributed by atoms with Crippen LogP contribution in [0, 0.1) is 5.92 Å². The highest BCUT2D eigenvalue weighted by atomic mass is 19.4. The maximum Gasteiger partial charge on any atom is 0.433 e. The van der Waals surface area contributed by atoms with E-state index in [9.17, 15) is 18.0 Å². The molecule has 1 aliphatic rings. The smallest absolute Gasteiger partial charge is 0.337 e. The fraction of sp³-hybridized carbons (Fsp3) is 0.545. The van der Waals surface area contributed by atoms with Crippen LogP contribution in [0.5, 0.6) is 0 Å². The Bertz CT molecular complexity index is 1130. The van der Waals surface area contributed by atoms with Crippen LogP contribution in [-0.2, 0) is 12.6 Å². The number of carbonyl (C=O) groups is 1. The Morgan fingerprint density at radius 2 is 1.97 bits per heavy atom. The molecule has 0 saturated carbocycles. The van der Waals surface area contributed by atoms with Gasteiger partial charge in [-0.1, -0.05) is 27.7 Å². The number of alkyl halides is 3. The molecule has 1 N–H and O–H groups in total. The lowest BCUT2D eigenvalue weighted by Crippen LogP contribution is -2.28. The molecule has 1 atom stereocenters. The summed E-state index contributed by atoms with van der Waals surface area (Å²) < 4.78 is 41.8. The van der Waals surface area contributed by atoms with E-state index in [0.717, 1.165) is 22.7 Å². The molecular formula is C22H27F3N6O. The van der Waals surface area contributed by atoms with Crippen LogP contribution >= 0.6 is 0 Å². The van der Waals surface area contributed by atoms with Crippen LogP contribution in [0.25, 0.3) is 5.65 Å². The lowest BCUT2D eigenvalue weighted by molar-refractivity contribution is -0.142. The molecule has 32 heavy (non-hydrogen) atoms. The summed E-state index contributed by atoms with van der Waals surface area (Å²) in [7, 11) is 0. The average molecular weight is 448 g/mol. The van der Waals surface area contributed by atoms with Gasteiger partial charge in [0.2, 0.25) is 0 Å². The minimum absolute atomic E-state index is 0.145. The number of fused-ring (bicyclic) bond motifs is 1. The van der Waals surface area contributed by atoms with E-state index in [1.54, 1.807) is 30.9 Å². The minimum atomic E-state index is -4.54. The Morgan fingerprint density at radius 1 is 1.22 bits per heavy atom. The van der Waals surface area contributed by atoms with Gasteiger partial charge >= 0.3 is 6.18 Å². The predicted molar refractivity (Wildman–Crippen MR) is 112 cm³/mol. The van der Waals surface area contributed by atoms with Gasteiger partial charge in [0.1, 0.15) is 11.4 Å². The van der Waals surface area contributed by atoms with Crippen LogP contribution in [0.4, 0.5) is 13.2 Å². The van der Waals surface area contributed by atoms with Crippen LogP contribution < -0.4 is 0 Å². The number of amides is 1. The third-order valence-electron chi connectivity index (χ3n) is 5.72. The van der Waals surface area contributed by atoms with Crippen molar-refractivity contribution in [2.45, 2.75) is 58.5 Å². The second kappa shape index (κ2) is 8.22. The number of aromatic amines is 1. The van der Waals surface area contributed by atoms with Gasteiger partial charge in [-0.05, 0) is 36.8 Å². The van der Waals surface area contributed by atoms with Crippen molar-refractivity contribution in [3.63, 3.8) is 0 Å². The highest BCUT2D eigenvalue weighted by Crippen LogP contribution is 2.33. The monoisotopic (exact) mass is 448 g/mol. The molecule has 3 aromatic rings. The molecule has 0 spiro atoms. The van der Waals surface area contributed by atoms with Gasteiger partial charge in [0.15, 0.2) is 5.65 Å². The van der Waals surface area contributed by atoms with Gasteiger partial charge in [-0.3, -0.25) is 9.89 Å². The highest BCUT2D eigenvalue weighted by molar-refractivity contribution is 5.92. The van der Waals surface area contributed by atoms with Crippen molar-refractivity contribution in [2.75, 3.05) is 13.1 Å². The summed E-state index contributed by atoms with van der Waals surface area (Å²) in [5, 5.41) is 11.3. The molecule has 1 saturated heterocycles. The fourth-order valence-electron chi connectivity index (χ4n) is 4.07. The molecule has 3 aromatic heterocycles. The zero-order chi connectivity index (χ0) is 23.2. The van der Waals surface area contributed by atoms with Crippen LogP contribution in [0.2, 0.25) is 0 Å². The number of hydrogen-bond acceptors (Lipinski definition) is 4. The number of nitrogens with zero attached hydrogens (tertiary/aromatic N) is 5. The first-order valence-corrected chi connectivity index (χ1v) is 10.8. The maximum absolute atomic E-state index is 13.6. The van der Waals surface area contributed by atoms with E-state index in [-0.39, 0.29) is 23.4 Å². The molecular weight excluding hydrogens is 421 g/mol. The molecule has 0 radical (unpaired) electrons. The normalized spacial score (nSPS) is 17.3. The van der Waals surface area contributed by atoms with Crippen molar-refractivity contribution in [1.82, 2.24) is 29.7 Å². The van der Waals surface area contributed by atoms with Crippen molar-refractivity contribution in [2.24, 2.45) is 5.92 Å². The second-order valence-electron chi connectivity index (χ2n) is 9.17. The molecule has 1 amide bonds. The molecule has 1 unspecified atom stereocenters. The Hall–Kier alpha value is -2.91. The standard InChI is InChI=1S/C22H27F3N6O/c1-12(2)7-15-8-18(28-27-15)21(32)30-6-5-14(11-30)17-10-20-26-16(13(3)4)9-19(22(23,24)25)31(20)29-17/h8-10,12-14H,5-7,11H2,1-4H3,(H,27,28). The summed E-state index contributed by atoms with van der Waals surface area (Å²) >= 11 is 0. The molecule has 172 valence electrons. The Kier molecular flexibility index (Phi) is 5.72. The Morgan fingerprint density at radius 3 is 2.62 bits per heavy atom. The van der Waals surface area contributed by atoms with Crippen LogP contribution in [0.3, 0.4) is 0 Å². The number of carbonyl (C=O) groups excluding carboxylic acids is 1. The molecule has 1 aliphatic heterocycles. The summed E-state index contributed by atoms with van der Waals surface area (Å²) in [5.41, 5.74) is 1.49. The predicted octanol–water partition coefficient (Wildman–Crippen LogP) is 4.42. The summed E-state index contributed by atoms with van der Waals surface area (Å²) in [6.07, 6.45) is -3.12. The zero-order valence-corrected chi connectivity index (χ0v) is 18.6. The number of likely N-dealkylation sites (tertiary alicyclic amines) is 1. The summed E-state index contributed by atoms with van der Waals surface area (Å²) in [6, 6.07) is 4.44. The van der Waals surface area contributed by atoms with Crippen molar-refractivity contribution in [3.05, 3.63) is 46.7 Å². The van der Waals surface area contributed by atoms with Gasteiger partial charge in [0, 0.05) is 36.5 Å². The molecule has 0 aromatic carbocycles. The third kappa shape index (κ3) is 4.35. The van der Waals surface area contributed by atoms with Gasteiger partial charge in [-0.15, -0.1) is 0 Å². The van der Waals surface area contributed by atoms with Gasteiger partial charge < -0.3 is 4.90 Å². The Labute approximate surface area is 184 Å². The van der Waals surface area contributed by atoms with Gasteiger partial charge in [-0.25, -0.2) is 9.50 Å². The first-order valence-electron chi connectivity index (χ1n) is 10.8. The zero-order valence-electron chi connectivity index (χ0n) is 18.6. The maximum atomic E-state index is 13.6. The molecule has 10 heteroatoms. The fourth-order valence-corrected chi connectivity index (χ4v) is 4.07. The van der Waals surface area contributed by atoms with Crippen LogP contribution in [0.1, 0.15) is 79.2 Å². The van der Waals surface area contributed by atoms with E-state index < -0.39 is 11.9 Å². The third-order valence-corrected chi connectivity index (χ3v) is 5.72. The highest BCUT2D eigenvalue weighted by Gasteiger charge is 2.37. The lowest BCUT2D eigenvalue weighted by atomic mass is 10.1. The largest absolute Gasteiger partial charge is 0.433 e. The van der Waals surface area contributed by atoms with E-state index in [1.165, 1.54) is 0 Å². The molecule has 0 aliphatic carbocycles. The first kappa shape index (κ1) is 22.3. The summed E-state index contributed by atoms with van der Waals surface area (Å²) in [6.45, 7) is 8.67. The van der Waals surface area contributed by atoms with Gasteiger partial charge in [0.05, 0.1) is 5.69 Å². The number of hydrogen-bond donors (Lipinski definition) is 1. The number of halogens is 3. The van der Waals surface area contributed by atoms with Crippen molar-refractivity contribution >= 4 is 11.6 Å².